The molecule has 1 saturated carbocycles. The van der Waals surface area contributed by atoms with Crippen LogP contribution in [0.2, 0.25) is 0 Å². The third-order valence-electron chi connectivity index (χ3n) is 3.06. The van der Waals surface area contributed by atoms with Gasteiger partial charge >= 0.3 is 5.97 Å². The van der Waals surface area contributed by atoms with Gasteiger partial charge in [-0.3, -0.25) is 4.79 Å². The van der Waals surface area contributed by atoms with Crippen LogP contribution in [-0.2, 0) is 4.79 Å². The molecule has 1 aliphatic carbocycles. The number of rotatable bonds is 5. The van der Waals surface area contributed by atoms with Crippen molar-refractivity contribution in [2.24, 2.45) is 11.0 Å². The summed E-state index contributed by atoms with van der Waals surface area (Å²) in [6.45, 7) is 0. The van der Waals surface area contributed by atoms with Crippen molar-refractivity contribution >= 4 is 12.2 Å². The second kappa shape index (κ2) is 5.74. The van der Waals surface area contributed by atoms with E-state index >= 15 is 0 Å². The molecule has 0 atom stereocenters. The quantitative estimate of drug-likeness (QED) is 0.472. The molecule has 21 heavy (non-hydrogen) atoms. The second-order valence-electron chi connectivity index (χ2n) is 4.69. The molecule has 7 nitrogen and oxygen atoms in total. The summed E-state index contributed by atoms with van der Waals surface area (Å²) in [7, 11) is 1.53. The van der Waals surface area contributed by atoms with Crippen molar-refractivity contribution in [1.29, 1.82) is 0 Å². The second-order valence-corrected chi connectivity index (χ2v) is 4.69. The average Bonchev–Trinajstić information content (AvgIpc) is 3.23. The minimum Gasteiger partial charge on any atom is -0.493 e. The number of carbonyl (C=O) groups is 1. The highest BCUT2D eigenvalue weighted by atomic mass is 16.6. The predicted octanol–water partition coefficient (Wildman–Crippen LogP) is 1.48. The maximum atomic E-state index is 11.7. The van der Waals surface area contributed by atoms with E-state index in [9.17, 15) is 4.79 Å². The van der Waals surface area contributed by atoms with E-state index in [1.807, 2.05) is 0 Å². The first-order valence-corrected chi connectivity index (χ1v) is 6.55. The largest absolute Gasteiger partial charge is 0.493 e. The lowest BCUT2D eigenvalue weighted by atomic mass is 10.2. The number of aromatic nitrogens is 3. The van der Waals surface area contributed by atoms with E-state index in [-0.39, 0.29) is 11.9 Å². The van der Waals surface area contributed by atoms with E-state index < -0.39 is 0 Å². The normalized spacial score (nSPS) is 14.3. The molecular formula is C14H14N4O3. The predicted molar refractivity (Wildman–Crippen MR) is 74.4 cm³/mol. The van der Waals surface area contributed by atoms with Crippen LogP contribution in [0.4, 0.5) is 0 Å². The molecule has 0 saturated heterocycles. The minimum absolute atomic E-state index is 0.0460. The molecule has 0 spiro atoms. The standard InChI is InChI=1S/C14H14N4O3/c1-20-13-6-10(7-17-18-8-15-16-9-18)2-5-12(13)21-14(19)11-3-4-11/h2,5-9,11H,3-4H2,1H3/b17-7+. The molecule has 7 heteroatoms. The molecule has 1 aliphatic rings. The number of nitrogens with zero attached hydrogens (tertiary/aromatic N) is 4. The van der Waals surface area contributed by atoms with Crippen molar-refractivity contribution in [3.8, 4) is 11.5 Å². The van der Waals surface area contributed by atoms with Crippen LogP contribution in [0.5, 0.6) is 11.5 Å². The van der Waals surface area contributed by atoms with Crippen LogP contribution in [0.25, 0.3) is 0 Å². The lowest BCUT2D eigenvalue weighted by molar-refractivity contribution is -0.135. The summed E-state index contributed by atoms with van der Waals surface area (Å²) < 4.78 is 12.1. The van der Waals surface area contributed by atoms with E-state index in [1.54, 1.807) is 24.4 Å². The molecular weight excluding hydrogens is 272 g/mol. The smallest absolute Gasteiger partial charge is 0.314 e. The van der Waals surface area contributed by atoms with Crippen molar-refractivity contribution in [3.05, 3.63) is 36.4 Å². The van der Waals surface area contributed by atoms with Crippen molar-refractivity contribution in [2.45, 2.75) is 12.8 Å². The number of carbonyl (C=O) groups excluding carboxylic acids is 1. The van der Waals surface area contributed by atoms with Gasteiger partial charge in [-0.2, -0.15) is 5.10 Å². The van der Waals surface area contributed by atoms with Crippen LogP contribution in [0.3, 0.4) is 0 Å². The monoisotopic (exact) mass is 286 g/mol. The summed E-state index contributed by atoms with van der Waals surface area (Å²) in [5, 5.41) is 11.5. The maximum Gasteiger partial charge on any atom is 0.314 e. The van der Waals surface area contributed by atoms with Gasteiger partial charge in [0.25, 0.3) is 0 Å². The Bertz CT molecular complexity index is 663. The maximum absolute atomic E-state index is 11.7. The molecule has 0 amide bonds. The van der Waals surface area contributed by atoms with Gasteiger partial charge in [-0.25, -0.2) is 4.68 Å². The Morgan fingerprint density at radius 1 is 1.33 bits per heavy atom. The Labute approximate surface area is 121 Å². The summed E-state index contributed by atoms with van der Waals surface area (Å²) in [6.07, 6.45) is 6.42. The van der Waals surface area contributed by atoms with Gasteiger partial charge in [0.05, 0.1) is 19.2 Å². The van der Waals surface area contributed by atoms with E-state index in [1.165, 1.54) is 24.4 Å². The molecule has 0 radical (unpaired) electrons. The van der Waals surface area contributed by atoms with Crippen LogP contribution >= 0.6 is 0 Å². The number of hydrogen-bond donors (Lipinski definition) is 0. The number of methoxy groups -OCH3 is 1. The highest BCUT2D eigenvalue weighted by molar-refractivity contribution is 5.82. The summed E-state index contributed by atoms with van der Waals surface area (Å²) in [5.41, 5.74) is 0.812. The van der Waals surface area contributed by atoms with Crippen LogP contribution in [0.15, 0.2) is 36.0 Å². The summed E-state index contributed by atoms with van der Waals surface area (Å²) >= 11 is 0. The fourth-order valence-corrected chi connectivity index (χ4v) is 1.75. The zero-order valence-corrected chi connectivity index (χ0v) is 11.5. The van der Waals surface area contributed by atoms with Gasteiger partial charge in [0.2, 0.25) is 0 Å². The molecule has 108 valence electrons. The summed E-state index contributed by atoms with van der Waals surface area (Å²) in [6, 6.07) is 5.25. The zero-order valence-electron chi connectivity index (χ0n) is 11.5. The Morgan fingerprint density at radius 2 is 2.10 bits per heavy atom. The van der Waals surface area contributed by atoms with Gasteiger partial charge < -0.3 is 9.47 Å². The SMILES string of the molecule is COc1cc(/C=N/n2cnnc2)ccc1OC(=O)C1CC1. The number of hydrogen-bond acceptors (Lipinski definition) is 6. The molecule has 1 aromatic carbocycles. The molecule has 1 aromatic heterocycles. The van der Waals surface area contributed by atoms with E-state index in [4.69, 9.17) is 9.47 Å². The number of esters is 1. The van der Waals surface area contributed by atoms with Crippen LogP contribution in [0.1, 0.15) is 18.4 Å². The van der Waals surface area contributed by atoms with Crippen molar-refractivity contribution in [3.63, 3.8) is 0 Å². The van der Waals surface area contributed by atoms with Crippen LogP contribution in [0, 0.1) is 5.92 Å². The molecule has 0 aliphatic heterocycles. The van der Waals surface area contributed by atoms with Crippen molar-refractivity contribution in [2.75, 3.05) is 7.11 Å². The lowest BCUT2D eigenvalue weighted by Crippen LogP contribution is -2.10. The molecule has 2 aromatic rings. The van der Waals surface area contributed by atoms with E-state index in [0.717, 1.165) is 18.4 Å². The van der Waals surface area contributed by atoms with Gasteiger partial charge in [-0.15, -0.1) is 10.2 Å². The lowest BCUT2D eigenvalue weighted by Gasteiger charge is -2.09. The molecule has 1 heterocycles. The Morgan fingerprint density at radius 3 is 2.76 bits per heavy atom. The highest BCUT2D eigenvalue weighted by Crippen LogP contribution is 2.34. The molecule has 0 unspecified atom stereocenters. The van der Waals surface area contributed by atoms with Crippen LogP contribution in [-0.4, -0.2) is 34.2 Å². The van der Waals surface area contributed by atoms with E-state index in [0.29, 0.717) is 11.5 Å². The van der Waals surface area contributed by atoms with Gasteiger partial charge in [0, 0.05) is 0 Å². The number of ether oxygens (including phenoxy) is 2. The third kappa shape index (κ3) is 3.25. The first-order valence-electron chi connectivity index (χ1n) is 6.55. The Kier molecular flexibility index (Phi) is 3.63. The third-order valence-corrected chi connectivity index (χ3v) is 3.06. The molecule has 0 N–H and O–H groups in total. The Hall–Kier alpha value is -2.70. The van der Waals surface area contributed by atoms with Crippen molar-refractivity contribution < 1.29 is 14.3 Å². The van der Waals surface area contributed by atoms with Gasteiger partial charge in [0.1, 0.15) is 12.7 Å². The van der Waals surface area contributed by atoms with Gasteiger partial charge in [-0.1, -0.05) is 0 Å². The van der Waals surface area contributed by atoms with Gasteiger partial charge in [0.15, 0.2) is 11.5 Å². The fourth-order valence-electron chi connectivity index (χ4n) is 1.75. The first kappa shape index (κ1) is 13.3. The first-order chi connectivity index (χ1) is 10.3. The molecule has 1 fully saturated rings. The Balaban J connectivity index is 1.76. The van der Waals surface area contributed by atoms with E-state index in [2.05, 4.69) is 15.3 Å². The van der Waals surface area contributed by atoms with Crippen molar-refractivity contribution in [1.82, 2.24) is 14.9 Å². The average molecular weight is 286 g/mol. The fraction of sp³-hybridized carbons (Fsp3) is 0.286. The number of benzene rings is 1. The minimum atomic E-state index is -0.195. The molecule has 0 bridgehead atoms. The highest BCUT2D eigenvalue weighted by Gasteiger charge is 2.32. The summed E-state index contributed by atoms with van der Waals surface area (Å²) in [4.78, 5) is 11.7. The topological polar surface area (TPSA) is 78.6 Å². The van der Waals surface area contributed by atoms with Gasteiger partial charge in [-0.05, 0) is 36.6 Å². The summed E-state index contributed by atoms with van der Waals surface area (Å²) in [5.74, 6) is 0.774. The zero-order chi connectivity index (χ0) is 14.7. The molecule has 3 rings (SSSR count). The van der Waals surface area contributed by atoms with Crippen LogP contribution < -0.4 is 9.47 Å².